The van der Waals surface area contributed by atoms with Gasteiger partial charge in [0, 0.05) is 6.54 Å². The molecule has 0 aliphatic carbocycles. The highest BCUT2D eigenvalue weighted by molar-refractivity contribution is 7.22. The normalized spacial score (nSPS) is 10.7. The van der Waals surface area contributed by atoms with Gasteiger partial charge in [0.15, 0.2) is 5.13 Å². The minimum absolute atomic E-state index is 0.782. The molecule has 4 heteroatoms. The summed E-state index contributed by atoms with van der Waals surface area (Å²) < 4.78 is 1.06. The molecule has 2 nitrogen and oxygen atoms in total. The number of nitrogens with one attached hydrogen (secondary N) is 1. The van der Waals surface area contributed by atoms with Crippen LogP contribution in [0.4, 0.5) is 5.13 Å². The summed E-state index contributed by atoms with van der Waals surface area (Å²) in [6.07, 6.45) is 1.10. The summed E-state index contributed by atoms with van der Waals surface area (Å²) in [5.41, 5.74) is 0.973. The molecule has 2 aromatic rings. The Kier molecular flexibility index (Phi) is 2.89. The number of thiazole rings is 1. The van der Waals surface area contributed by atoms with E-state index in [-0.39, 0.29) is 0 Å². The van der Waals surface area contributed by atoms with Crippen LogP contribution >= 0.6 is 22.9 Å². The maximum absolute atomic E-state index is 6.05. The van der Waals surface area contributed by atoms with Crippen molar-refractivity contribution in [3.63, 3.8) is 0 Å². The average molecular weight is 227 g/mol. The molecule has 0 fully saturated rings. The molecule has 0 saturated heterocycles. The Morgan fingerprint density at radius 3 is 3.07 bits per heavy atom. The summed E-state index contributed by atoms with van der Waals surface area (Å²) in [7, 11) is 0. The zero-order chi connectivity index (χ0) is 9.97. The zero-order valence-corrected chi connectivity index (χ0v) is 9.45. The van der Waals surface area contributed by atoms with Crippen molar-refractivity contribution < 1.29 is 0 Å². The lowest BCUT2D eigenvalue weighted by molar-refractivity contribution is 0.977. The van der Waals surface area contributed by atoms with Crippen LogP contribution in [-0.2, 0) is 0 Å². The number of anilines is 1. The Labute approximate surface area is 91.9 Å². The van der Waals surface area contributed by atoms with Crippen LogP contribution in [-0.4, -0.2) is 11.5 Å². The second kappa shape index (κ2) is 4.15. The summed E-state index contributed by atoms with van der Waals surface area (Å²) in [5.74, 6) is 0. The first-order chi connectivity index (χ1) is 6.81. The van der Waals surface area contributed by atoms with Gasteiger partial charge in [-0.2, -0.15) is 0 Å². The van der Waals surface area contributed by atoms with E-state index in [9.17, 15) is 0 Å². The van der Waals surface area contributed by atoms with Crippen LogP contribution < -0.4 is 5.32 Å². The van der Waals surface area contributed by atoms with Crippen LogP contribution in [0.5, 0.6) is 0 Å². The third-order valence-electron chi connectivity index (χ3n) is 1.89. The molecule has 0 saturated carbocycles. The van der Waals surface area contributed by atoms with E-state index in [1.54, 1.807) is 11.3 Å². The number of benzene rings is 1. The van der Waals surface area contributed by atoms with E-state index < -0.39 is 0 Å². The summed E-state index contributed by atoms with van der Waals surface area (Å²) in [4.78, 5) is 4.43. The number of hydrogen-bond donors (Lipinski definition) is 1. The first-order valence-electron chi connectivity index (χ1n) is 4.60. The van der Waals surface area contributed by atoms with E-state index in [1.165, 1.54) is 0 Å². The average Bonchev–Trinajstić information content (AvgIpc) is 2.59. The van der Waals surface area contributed by atoms with Gasteiger partial charge >= 0.3 is 0 Å². The highest BCUT2D eigenvalue weighted by Gasteiger charge is 2.05. The standard InChI is InChI=1S/C10H11ClN2S/c1-2-6-12-10-13-8-5-3-4-7(11)9(8)14-10/h3-5H,2,6H2,1H3,(H,12,13). The Morgan fingerprint density at radius 1 is 1.50 bits per heavy atom. The number of fused-ring (bicyclic) bond motifs is 1. The summed E-state index contributed by atoms with van der Waals surface area (Å²) in [5, 5.41) is 5.00. The molecule has 0 atom stereocenters. The molecule has 0 amide bonds. The summed E-state index contributed by atoms with van der Waals surface area (Å²) in [6, 6.07) is 5.80. The fourth-order valence-corrected chi connectivity index (χ4v) is 2.40. The number of rotatable bonds is 3. The number of aromatic nitrogens is 1. The highest BCUT2D eigenvalue weighted by Crippen LogP contribution is 2.31. The van der Waals surface area contributed by atoms with Crippen LogP contribution in [0.2, 0.25) is 5.02 Å². The van der Waals surface area contributed by atoms with Gasteiger partial charge in [-0.25, -0.2) is 4.98 Å². The summed E-state index contributed by atoms with van der Waals surface area (Å²) >= 11 is 7.66. The minimum atomic E-state index is 0.782. The monoisotopic (exact) mass is 226 g/mol. The van der Waals surface area contributed by atoms with Gasteiger partial charge in [-0.3, -0.25) is 0 Å². The van der Waals surface area contributed by atoms with E-state index in [0.717, 1.165) is 33.3 Å². The van der Waals surface area contributed by atoms with E-state index in [0.29, 0.717) is 0 Å². The SMILES string of the molecule is CCCNc1nc2cccc(Cl)c2s1. The smallest absolute Gasteiger partial charge is 0.183 e. The molecular weight excluding hydrogens is 216 g/mol. The number of nitrogens with zero attached hydrogens (tertiary/aromatic N) is 1. The van der Waals surface area contributed by atoms with E-state index in [1.807, 2.05) is 18.2 Å². The molecule has 2 rings (SSSR count). The quantitative estimate of drug-likeness (QED) is 0.862. The fraction of sp³-hybridized carbons (Fsp3) is 0.300. The molecule has 0 bridgehead atoms. The molecule has 74 valence electrons. The Hall–Kier alpha value is -0.800. The maximum Gasteiger partial charge on any atom is 0.183 e. The Morgan fingerprint density at radius 2 is 2.36 bits per heavy atom. The van der Waals surface area contributed by atoms with Gasteiger partial charge in [0.05, 0.1) is 15.2 Å². The third-order valence-corrected chi connectivity index (χ3v) is 3.38. The van der Waals surface area contributed by atoms with Crippen molar-refractivity contribution in [1.29, 1.82) is 0 Å². The van der Waals surface area contributed by atoms with Crippen LogP contribution in [0.15, 0.2) is 18.2 Å². The van der Waals surface area contributed by atoms with Crippen molar-refractivity contribution >= 4 is 38.3 Å². The molecular formula is C10H11ClN2S. The maximum atomic E-state index is 6.05. The van der Waals surface area contributed by atoms with Crippen LogP contribution in [0.25, 0.3) is 10.2 Å². The first-order valence-corrected chi connectivity index (χ1v) is 5.79. The van der Waals surface area contributed by atoms with E-state index in [2.05, 4.69) is 17.2 Å². The largest absolute Gasteiger partial charge is 0.361 e. The lowest BCUT2D eigenvalue weighted by Crippen LogP contribution is -1.98. The van der Waals surface area contributed by atoms with Gasteiger partial charge in [-0.05, 0) is 18.6 Å². The van der Waals surface area contributed by atoms with Gasteiger partial charge in [0.1, 0.15) is 0 Å². The topological polar surface area (TPSA) is 24.9 Å². The first kappa shape index (κ1) is 9.74. The Balaban J connectivity index is 2.36. The molecule has 0 radical (unpaired) electrons. The molecule has 1 N–H and O–H groups in total. The molecule has 1 heterocycles. The zero-order valence-electron chi connectivity index (χ0n) is 7.88. The van der Waals surface area contributed by atoms with Crippen molar-refractivity contribution in [3.8, 4) is 0 Å². The van der Waals surface area contributed by atoms with Gasteiger partial charge in [0.2, 0.25) is 0 Å². The van der Waals surface area contributed by atoms with Crippen LogP contribution in [0, 0.1) is 0 Å². The van der Waals surface area contributed by atoms with Gasteiger partial charge in [-0.15, -0.1) is 0 Å². The van der Waals surface area contributed by atoms with Gasteiger partial charge in [0.25, 0.3) is 0 Å². The number of halogens is 1. The van der Waals surface area contributed by atoms with Crippen LogP contribution in [0.3, 0.4) is 0 Å². The molecule has 1 aromatic heterocycles. The van der Waals surface area contributed by atoms with Crippen molar-refractivity contribution in [2.75, 3.05) is 11.9 Å². The lowest BCUT2D eigenvalue weighted by Gasteiger charge is -1.95. The van der Waals surface area contributed by atoms with E-state index >= 15 is 0 Å². The predicted molar refractivity (Wildman–Crippen MR) is 63.4 cm³/mol. The minimum Gasteiger partial charge on any atom is -0.361 e. The van der Waals surface area contributed by atoms with Crippen molar-refractivity contribution in [2.24, 2.45) is 0 Å². The van der Waals surface area contributed by atoms with E-state index in [4.69, 9.17) is 11.6 Å². The molecule has 1 aromatic carbocycles. The summed E-state index contributed by atoms with van der Waals surface area (Å²) in [6.45, 7) is 3.09. The molecule has 14 heavy (non-hydrogen) atoms. The van der Waals surface area contributed by atoms with Gasteiger partial charge in [-0.1, -0.05) is 35.9 Å². The number of hydrogen-bond acceptors (Lipinski definition) is 3. The molecule has 0 unspecified atom stereocenters. The van der Waals surface area contributed by atoms with Crippen molar-refractivity contribution in [1.82, 2.24) is 4.98 Å². The van der Waals surface area contributed by atoms with Gasteiger partial charge < -0.3 is 5.32 Å². The highest BCUT2D eigenvalue weighted by atomic mass is 35.5. The second-order valence-corrected chi connectivity index (χ2v) is 4.44. The predicted octanol–water partition coefficient (Wildman–Crippen LogP) is 3.77. The van der Waals surface area contributed by atoms with Crippen molar-refractivity contribution in [3.05, 3.63) is 23.2 Å². The fourth-order valence-electron chi connectivity index (χ4n) is 1.22. The molecule has 0 spiro atoms. The Bertz CT molecular complexity index is 439. The third kappa shape index (κ3) is 1.83. The molecule has 0 aliphatic heterocycles. The van der Waals surface area contributed by atoms with Crippen molar-refractivity contribution in [2.45, 2.75) is 13.3 Å². The second-order valence-electron chi connectivity index (χ2n) is 3.03. The van der Waals surface area contributed by atoms with Crippen LogP contribution in [0.1, 0.15) is 13.3 Å². The lowest BCUT2D eigenvalue weighted by atomic mass is 10.3. The molecule has 0 aliphatic rings.